The second-order valence-corrected chi connectivity index (χ2v) is 6.54. The van der Waals surface area contributed by atoms with Crippen molar-refractivity contribution in [1.29, 1.82) is 0 Å². The Kier molecular flexibility index (Phi) is 4.00. The number of benzene rings is 1. The van der Waals surface area contributed by atoms with Gasteiger partial charge >= 0.3 is 0 Å². The van der Waals surface area contributed by atoms with Crippen molar-refractivity contribution in [2.75, 3.05) is 13.1 Å². The smallest absolute Gasteiger partial charge is 0.242 e. The van der Waals surface area contributed by atoms with Crippen molar-refractivity contribution < 1.29 is 9.90 Å². The van der Waals surface area contributed by atoms with E-state index in [1.165, 1.54) is 5.56 Å². The van der Waals surface area contributed by atoms with Gasteiger partial charge in [0.05, 0.1) is 11.6 Å². The Morgan fingerprint density at radius 3 is 2.48 bits per heavy atom. The molecule has 4 heteroatoms. The van der Waals surface area contributed by atoms with E-state index in [1.807, 2.05) is 35.2 Å². The summed E-state index contributed by atoms with van der Waals surface area (Å²) in [5.41, 5.74) is 6.59. The minimum atomic E-state index is -0.560. The Morgan fingerprint density at radius 1 is 1.29 bits per heavy atom. The highest BCUT2D eigenvalue weighted by atomic mass is 16.3. The Bertz CT molecular complexity index is 491. The van der Waals surface area contributed by atoms with Gasteiger partial charge in [-0.2, -0.15) is 0 Å². The minimum Gasteiger partial charge on any atom is -0.392 e. The lowest BCUT2D eigenvalue weighted by molar-refractivity contribution is -0.135. The van der Waals surface area contributed by atoms with Crippen molar-refractivity contribution in [3.63, 3.8) is 0 Å². The summed E-state index contributed by atoms with van der Waals surface area (Å²) in [6.45, 7) is 1.46. The monoisotopic (exact) mass is 288 g/mol. The molecule has 0 aromatic heterocycles. The SMILES string of the molecule is NC1(C(=O)N2CCC([C@@H](O)Cc3ccccc3)CC2)CC1. The van der Waals surface area contributed by atoms with Gasteiger partial charge < -0.3 is 15.7 Å². The minimum absolute atomic E-state index is 0.110. The second kappa shape index (κ2) is 5.78. The lowest BCUT2D eigenvalue weighted by Gasteiger charge is -2.35. The molecule has 1 saturated carbocycles. The zero-order chi connectivity index (χ0) is 14.9. The zero-order valence-electron chi connectivity index (χ0n) is 12.4. The molecule has 114 valence electrons. The number of nitrogens with zero attached hydrogens (tertiary/aromatic N) is 1. The Hall–Kier alpha value is -1.39. The van der Waals surface area contributed by atoms with Crippen LogP contribution in [0.3, 0.4) is 0 Å². The van der Waals surface area contributed by atoms with Crippen molar-refractivity contribution in [2.24, 2.45) is 11.7 Å². The molecule has 1 saturated heterocycles. The predicted octanol–water partition coefficient (Wildman–Crippen LogP) is 1.32. The van der Waals surface area contributed by atoms with Gasteiger partial charge in [-0.05, 0) is 43.6 Å². The molecule has 21 heavy (non-hydrogen) atoms. The van der Waals surface area contributed by atoms with E-state index in [2.05, 4.69) is 0 Å². The van der Waals surface area contributed by atoms with Crippen LogP contribution in [0.2, 0.25) is 0 Å². The van der Waals surface area contributed by atoms with Crippen LogP contribution in [0.15, 0.2) is 30.3 Å². The molecule has 1 heterocycles. The molecule has 2 aliphatic rings. The van der Waals surface area contributed by atoms with Gasteiger partial charge in [-0.3, -0.25) is 4.79 Å². The molecule has 1 amide bonds. The number of hydrogen-bond donors (Lipinski definition) is 2. The topological polar surface area (TPSA) is 66.6 Å². The van der Waals surface area contributed by atoms with Crippen LogP contribution in [0.5, 0.6) is 0 Å². The third kappa shape index (κ3) is 3.27. The van der Waals surface area contributed by atoms with Gasteiger partial charge in [0.1, 0.15) is 0 Å². The number of hydrogen-bond acceptors (Lipinski definition) is 3. The Morgan fingerprint density at radius 2 is 1.90 bits per heavy atom. The maximum absolute atomic E-state index is 12.2. The highest BCUT2D eigenvalue weighted by Crippen LogP contribution is 2.35. The molecule has 3 N–H and O–H groups in total. The first-order chi connectivity index (χ1) is 10.1. The summed E-state index contributed by atoms with van der Waals surface area (Å²) in [6.07, 6.45) is 3.76. The summed E-state index contributed by atoms with van der Waals surface area (Å²) < 4.78 is 0. The summed E-state index contributed by atoms with van der Waals surface area (Å²) in [6, 6.07) is 10.1. The number of rotatable bonds is 4. The van der Waals surface area contributed by atoms with E-state index in [0.29, 0.717) is 6.42 Å². The van der Waals surface area contributed by atoms with Gasteiger partial charge in [-0.1, -0.05) is 30.3 Å². The number of carbonyl (C=O) groups excluding carboxylic acids is 1. The van der Waals surface area contributed by atoms with Crippen molar-refractivity contribution in [2.45, 2.75) is 43.7 Å². The van der Waals surface area contributed by atoms with Crippen LogP contribution in [0, 0.1) is 5.92 Å². The van der Waals surface area contributed by atoms with Crippen molar-refractivity contribution in [3.8, 4) is 0 Å². The summed E-state index contributed by atoms with van der Waals surface area (Å²) in [4.78, 5) is 14.1. The largest absolute Gasteiger partial charge is 0.392 e. The number of nitrogens with two attached hydrogens (primary N) is 1. The van der Waals surface area contributed by atoms with E-state index in [4.69, 9.17) is 5.73 Å². The van der Waals surface area contributed by atoms with E-state index >= 15 is 0 Å². The summed E-state index contributed by atoms with van der Waals surface area (Å²) in [5, 5.41) is 10.4. The van der Waals surface area contributed by atoms with E-state index < -0.39 is 5.54 Å². The molecule has 4 nitrogen and oxygen atoms in total. The van der Waals surface area contributed by atoms with E-state index in [-0.39, 0.29) is 17.9 Å². The van der Waals surface area contributed by atoms with Crippen LogP contribution in [-0.2, 0) is 11.2 Å². The number of likely N-dealkylation sites (tertiary alicyclic amines) is 1. The predicted molar refractivity (Wildman–Crippen MR) is 81.6 cm³/mol. The molecular weight excluding hydrogens is 264 g/mol. The van der Waals surface area contributed by atoms with E-state index in [9.17, 15) is 9.90 Å². The van der Waals surface area contributed by atoms with Crippen molar-refractivity contribution in [3.05, 3.63) is 35.9 Å². The van der Waals surface area contributed by atoms with Crippen molar-refractivity contribution >= 4 is 5.91 Å². The third-order valence-corrected chi connectivity index (χ3v) is 4.87. The molecule has 1 aliphatic heterocycles. The van der Waals surface area contributed by atoms with Crippen molar-refractivity contribution in [1.82, 2.24) is 4.90 Å². The normalized spacial score (nSPS) is 22.9. The maximum atomic E-state index is 12.2. The van der Waals surface area contributed by atoms with Gasteiger partial charge in [0, 0.05) is 13.1 Å². The molecule has 1 atom stereocenters. The van der Waals surface area contributed by atoms with Gasteiger partial charge in [0.25, 0.3) is 0 Å². The van der Waals surface area contributed by atoms with Crippen LogP contribution in [0.1, 0.15) is 31.2 Å². The number of aliphatic hydroxyl groups is 1. The summed E-state index contributed by atoms with van der Waals surface area (Å²) in [5.74, 6) is 0.390. The van der Waals surface area contributed by atoms with Gasteiger partial charge in [0.2, 0.25) is 5.91 Å². The number of carbonyl (C=O) groups is 1. The zero-order valence-corrected chi connectivity index (χ0v) is 12.4. The second-order valence-electron chi connectivity index (χ2n) is 6.54. The molecular formula is C17H24N2O2. The molecule has 2 fully saturated rings. The molecule has 0 radical (unpaired) electrons. The third-order valence-electron chi connectivity index (χ3n) is 4.87. The molecule has 1 aromatic carbocycles. The molecule has 1 aliphatic carbocycles. The fourth-order valence-corrected chi connectivity index (χ4v) is 3.17. The average molecular weight is 288 g/mol. The molecule has 0 unspecified atom stereocenters. The highest BCUT2D eigenvalue weighted by molar-refractivity contribution is 5.89. The van der Waals surface area contributed by atoms with Gasteiger partial charge in [-0.25, -0.2) is 0 Å². The standard InChI is InChI=1S/C17H24N2O2/c18-17(8-9-17)16(21)19-10-6-14(7-11-19)15(20)12-13-4-2-1-3-5-13/h1-5,14-15,20H,6-12,18H2/t15-/m0/s1. The number of amides is 1. The quantitative estimate of drug-likeness (QED) is 0.878. The number of piperidine rings is 1. The summed E-state index contributed by atoms with van der Waals surface area (Å²) in [7, 11) is 0. The van der Waals surface area contributed by atoms with Crippen LogP contribution >= 0.6 is 0 Å². The first-order valence-electron chi connectivity index (χ1n) is 7.89. The first kappa shape index (κ1) is 14.5. The average Bonchev–Trinajstić information content (AvgIpc) is 3.27. The van der Waals surface area contributed by atoms with Gasteiger partial charge in [0.15, 0.2) is 0 Å². The lowest BCUT2D eigenvalue weighted by atomic mass is 9.87. The maximum Gasteiger partial charge on any atom is 0.242 e. The van der Waals surface area contributed by atoms with Crippen LogP contribution in [-0.4, -0.2) is 40.6 Å². The van der Waals surface area contributed by atoms with Crippen LogP contribution in [0.4, 0.5) is 0 Å². The lowest BCUT2D eigenvalue weighted by Crippen LogP contribution is -2.49. The van der Waals surface area contributed by atoms with E-state index in [1.54, 1.807) is 0 Å². The molecule has 0 spiro atoms. The molecule has 3 rings (SSSR count). The number of aliphatic hydroxyl groups excluding tert-OH is 1. The Labute approximate surface area is 125 Å². The summed E-state index contributed by atoms with van der Waals surface area (Å²) >= 11 is 0. The fraction of sp³-hybridized carbons (Fsp3) is 0.588. The van der Waals surface area contributed by atoms with Crippen LogP contribution in [0.25, 0.3) is 0 Å². The molecule has 0 bridgehead atoms. The molecule has 1 aromatic rings. The first-order valence-corrected chi connectivity index (χ1v) is 7.89. The van der Waals surface area contributed by atoms with E-state index in [0.717, 1.165) is 38.8 Å². The van der Waals surface area contributed by atoms with Gasteiger partial charge in [-0.15, -0.1) is 0 Å². The van der Waals surface area contributed by atoms with Crippen LogP contribution < -0.4 is 5.73 Å². The highest BCUT2D eigenvalue weighted by Gasteiger charge is 2.48. The Balaban J connectivity index is 1.50. The fourth-order valence-electron chi connectivity index (χ4n) is 3.17.